The number of methoxy groups -OCH3 is 1. The Balaban J connectivity index is 1.67. The van der Waals surface area contributed by atoms with Crippen molar-refractivity contribution in [2.75, 3.05) is 40.0 Å². The van der Waals surface area contributed by atoms with Gasteiger partial charge < -0.3 is 24.1 Å². The number of aromatic nitrogens is 2. The Labute approximate surface area is 213 Å². The molecule has 0 radical (unpaired) electrons. The van der Waals surface area contributed by atoms with E-state index in [1.807, 2.05) is 56.4 Å². The highest BCUT2D eigenvalue weighted by Gasteiger charge is 2.26. The van der Waals surface area contributed by atoms with E-state index >= 15 is 0 Å². The summed E-state index contributed by atoms with van der Waals surface area (Å²) in [5.41, 5.74) is 2.82. The Bertz CT molecular complexity index is 1080. The molecule has 2 heterocycles. The molecule has 1 aliphatic rings. The van der Waals surface area contributed by atoms with Crippen molar-refractivity contribution in [3.8, 4) is 28.6 Å². The van der Waals surface area contributed by atoms with Gasteiger partial charge in [-0.15, -0.1) is 0 Å². The average Bonchev–Trinajstić information content (AvgIpc) is 3.51. The van der Waals surface area contributed by atoms with Gasteiger partial charge in [-0.3, -0.25) is 4.90 Å². The minimum Gasteiger partial charge on any atom is -0.497 e. The van der Waals surface area contributed by atoms with Crippen LogP contribution in [0.25, 0.3) is 11.3 Å². The minimum atomic E-state index is -0.606. The Morgan fingerprint density at radius 2 is 1.97 bits per heavy atom. The van der Waals surface area contributed by atoms with Crippen molar-refractivity contribution in [2.24, 2.45) is 7.05 Å². The SMILES string of the molecule is CCOC[C@H](O)CN(Cc1c(-c2ccccc2)nn(C)c1Oc1cccc(OC)c1)C[C@H]1CCCO1. The molecule has 0 saturated carbocycles. The third-order valence-electron chi connectivity index (χ3n) is 6.24. The van der Waals surface area contributed by atoms with Crippen LogP contribution in [0.3, 0.4) is 0 Å². The summed E-state index contributed by atoms with van der Waals surface area (Å²) in [7, 11) is 3.53. The Kier molecular flexibility index (Phi) is 9.35. The summed E-state index contributed by atoms with van der Waals surface area (Å²) in [4.78, 5) is 2.22. The Morgan fingerprint density at radius 1 is 1.17 bits per heavy atom. The smallest absolute Gasteiger partial charge is 0.222 e. The van der Waals surface area contributed by atoms with Crippen LogP contribution in [0.1, 0.15) is 25.3 Å². The molecule has 36 heavy (non-hydrogen) atoms. The van der Waals surface area contributed by atoms with Gasteiger partial charge in [0.1, 0.15) is 17.2 Å². The molecule has 1 N–H and O–H groups in total. The second-order valence-electron chi connectivity index (χ2n) is 9.05. The van der Waals surface area contributed by atoms with Crippen molar-refractivity contribution in [3.63, 3.8) is 0 Å². The lowest BCUT2D eigenvalue weighted by molar-refractivity contribution is 0.00505. The van der Waals surface area contributed by atoms with Crippen molar-refractivity contribution in [1.29, 1.82) is 0 Å². The van der Waals surface area contributed by atoms with Crippen molar-refractivity contribution in [1.82, 2.24) is 14.7 Å². The summed E-state index contributed by atoms with van der Waals surface area (Å²) in [6.07, 6.45) is 1.62. The standard InChI is InChI=1S/C28H37N3O5/c1-4-34-20-22(32)17-31(18-25-14-9-15-35-25)19-26-27(21-10-6-5-7-11-21)29-30(2)28(26)36-24-13-8-12-23(16-24)33-3/h5-8,10-13,16,22,25,32H,4,9,14-15,17-20H2,1-3H3/t22-,25-/m1/s1. The van der Waals surface area contributed by atoms with E-state index in [1.165, 1.54) is 0 Å². The second-order valence-corrected chi connectivity index (χ2v) is 9.05. The first kappa shape index (κ1) is 26.2. The third kappa shape index (κ3) is 6.85. The van der Waals surface area contributed by atoms with E-state index in [1.54, 1.807) is 11.8 Å². The highest BCUT2D eigenvalue weighted by molar-refractivity contribution is 5.65. The molecule has 4 rings (SSSR count). The summed E-state index contributed by atoms with van der Waals surface area (Å²) in [6.45, 7) is 5.30. The van der Waals surface area contributed by atoms with E-state index in [-0.39, 0.29) is 6.10 Å². The molecule has 0 bridgehead atoms. The first-order valence-corrected chi connectivity index (χ1v) is 12.6. The second kappa shape index (κ2) is 12.9. The molecule has 3 aromatic rings. The van der Waals surface area contributed by atoms with Crippen LogP contribution in [0.5, 0.6) is 17.4 Å². The predicted octanol–water partition coefficient (Wildman–Crippen LogP) is 4.27. The lowest BCUT2D eigenvalue weighted by Gasteiger charge is -2.27. The number of benzene rings is 2. The quantitative estimate of drug-likeness (QED) is 0.379. The molecule has 194 valence electrons. The van der Waals surface area contributed by atoms with E-state index < -0.39 is 6.10 Å². The molecule has 8 heteroatoms. The van der Waals surface area contributed by atoms with Gasteiger partial charge >= 0.3 is 0 Å². The van der Waals surface area contributed by atoms with Gasteiger partial charge in [-0.05, 0) is 31.9 Å². The summed E-state index contributed by atoms with van der Waals surface area (Å²) in [6, 6.07) is 17.6. The maximum Gasteiger partial charge on any atom is 0.222 e. The molecule has 0 unspecified atom stereocenters. The van der Waals surface area contributed by atoms with Crippen molar-refractivity contribution in [3.05, 3.63) is 60.2 Å². The topological polar surface area (TPSA) is 78.2 Å². The normalized spacial score (nSPS) is 16.4. The fraction of sp³-hybridized carbons (Fsp3) is 0.464. The van der Waals surface area contributed by atoms with Crippen molar-refractivity contribution < 1.29 is 24.1 Å². The Hall–Kier alpha value is -2.91. The molecule has 2 atom stereocenters. The molecule has 0 spiro atoms. The number of aryl methyl sites for hydroxylation is 1. The lowest BCUT2D eigenvalue weighted by Crippen LogP contribution is -2.39. The maximum atomic E-state index is 10.7. The summed E-state index contributed by atoms with van der Waals surface area (Å²) < 4.78 is 25.0. The first-order valence-electron chi connectivity index (χ1n) is 12.6. The lowest BCUT2D eigenvalue weighted by atomic mass is 10.1. The van der Waals surface area contributed by atoms with Crippen LogP contribution in [0.2, 0.25) is 0 Å². The Morgan fingerprint density at radius 3 is 2.69 bits per heavy atom. The van der Waals surface area contributed by atoms with Crippen LogP contribution in [-0.4, -0.2) is 72.0 Å². The average molecular weight is 496 g/mol. The molecule has 8 nitrogen and oxygen atoms in total. The molecule has 0 aliphatic carbocycles. The first-order chi connectivity index (χ1) is 17.6. The van der Waals surface area contributed by atoms with Crippen LogP contribution in [0.4, 0.5) is 0 Å². The number of hydrogen-bond donors (Lipinski definition) is 1. The van der Waals surface area contributed by atoms with Gasteiger partial charge in [-0.2, -0.15) is 5.10 Å². The van der Waals surface area contributed by atoms with Crippen LogP contribution in [0.15, 0.2) is 54.6 Å². The third-order valence-corrected chi connectivity index (χ3v) is 6.24. The van der Waals surface area contributed by atoms with E-state index in [0.717, 1.165) is 42.0 Å². The van der Waals surface area contributed by atoms with E-state index in [2.05, 4.69) is 17.0 Å². The van der Waals surface area contributed by atoms with Crippen LogP contribution < -0.4 is 9.47 Å². The van der Waals surface area contributed by atoms with Crippen molar-refractivity contribution >= 4 is 0 Å². The molecule has 1 aromatic heterocycles. The maximum absolute atomic E-state index is 10.7. The molecule has 0 amide bonds. The fourth-order valence-electron chi connectivity index (χ4n) is 4.54. The number of aliphatic hydroxyl groups excluding tert-OH is 1. The van der Waals surface area contributed by atoms with Gasteiger partial charge in [0, 0.05) is 51.5 Å². The number of aliphatic hydroxyl groups is 1. The number of ether oxygens (including phenoxy) is 4. The van der Waals surface area contributed by atoms with E-state index in [9.17, 15) is 5.11 Å². The highest BCUT2D eigenvalue weighted by atomic mass is 16.5. The van der Waals surface area contributed by atoms with Gasteiger partial charge in [0.05, 0.1) is 31.5 Å². The van der Waals surface area contributed by atoms with Gasteiger partial charge in [-0.25, -0.2) is 4.68 Å². The highest BCUT2D eigenvalue weighted by Crippen LogP contribution is 2.35. The number of rotatable bonds is 13. The van der Waals surface area contributed by atoms with Crippen LogP contribution >= 0.6 is 0 Å². The number of nitrogens with zero attached hydrogens (tertiary/aromatic N) is 3. The fourth-order valence-corrected chi connectivity index (χ4v) is 4.54. The van der Waals surface area contributed by atoms with E-state index in [4.69, 9.17) is 24.0 Å². The van der Waals surface area contributed by atoms with Crippen LogP contribution in [0, 0.1) is 0 Å². The summed E-state index contributed by atoms with van der Waals surface area (Å²) >= 11 is 0. The summed E-state index contributed by atoms with van der Waals surface area (Å²) in [5.74, 6) is 2.04. The zero-order chi connectivity index (χ0) is 25.3. The van der Waals surface area contributed by atoms with E-state index in [0.29, 0.717) is 44.5 Å². The molecular weight excluding hydrogens is 458 g/mol. The van der Waals surface area contributed by atoms with Gasteiger partial charge in [0.2, 0.25) is 5.88 Å². The van der Waals surface area contributed by atoms with Crippen LogP contribution in [-0.2, 0) is 23.1 Å². The van der Waals surface area contributed by atoms with Crippen molar-refractivity contribution in [2.45, 2.75) is 38.5 Å². The molecule has 1 fully saturated rings. The summed E-state index contributed by atoms with van der Waals surface area (Å²) in [5, 5.41) is 15.5. The molecular formula is C28H37N3O5. The van der Waals surface area contributed by atoms with Gasteiger partial charge in [0.25, 0.3) is 0 Å². The molecule has 1 saturated heterocycles. The number of hydrogen-bond acceptors (Lipinski definition) is 7. The predicted molar refractivity (Wildman–Crippen MR) is 138 cm³/mol. The van der Waals surface area contributed by atoms with Gasteiger partial charge in [-0.1, -0.05) is 36.4 Å². The molecule has 2 aromatic carbocycles. The van der Waals surface area contributed by atoms with Gasteiger partial charge in [0.15, 0.2) is 0 Å². The largest absolute Gasteiger partial charge is 0.497 e. The zero-order valence-electron chi connectivity index (χ0n) is 21.4. The zero-order valence-corrected chi connectivity index (χ0v) is 21.4. The minimum absolute atomic E-state index is 0.142. The molecule has 1 aliphatic heterocycles. The monoisotopic (exact) mass is 495 g/mol.